The standard InChI is InChI=1S/C17H19N7O7/c18-11-12(22-16(19)24-14(11)28)23-17(31)20-8-3-1-7(2-4-8)13(27)21-9(15(29)30)5-6-10(25)26/h1-4,9H,5-6,18H2,(H,21,27)(H,25,26)(H,29,30)(H5,19,20,22,23,24,28,31)/t9-/m0/s1. The first-order valence-corrected chi connectivity index (χ1v) is 8.65. The third-order valence-corrected chi connectivity index (χ3v) is 3.86. The third kappa shape index (κ3) is 6.45. The summed E-state index contributed by atoms with van der Waals surface area (Å²) >= 11 is 0. The highest BCUT2D eigenvalue weighted by Gasteiger charge is 2.21. The molecule has 0 bridgehead atoms. The lowest BCUT2D eigenvalue weighted by atomic mass is 10.1. The topological polar surface area (TPSA) is 243 Å². The summed E-state index contributed by atoms with van der Waals surface area (Å²) in [6, 6.07) is 3.21. The molecule has 164 valence electrons. The van der Waals surface area contributed by atoms with Crippen LogP contribution in [-0.4, -0.2) is 50.1 Å². The van der Waals surface area contributed by atoms with Crippen LogP contribution in [-0.2, 0) is 9.59 Å². The SMILES string of the molecule is Nc1nc(NC(=O)Nc2ccc(C(=O)N[C@@H](CCC(=O)O)C(=O)O)cc2)c(N)c(=O)[nH]1. The highest BCUT2D eigenvalue weighted by atomic mass is 16.4. The van der Waals surface area contributed by atoms with Crippen molar-refractivity contribution >= 4 is 47.0 Å². The van der Waals surface area contributed by atoms with Gasteiger partial charge in [0.15, 0.2) is 5.82 Å². The molecular weight excluding hydrogens is 414 g/mol. The van der Waals surface area contributed by atoms with Gasteiger partial charge in [-0.05, 0) is 30.7 Å². The molecule has 1 aromatic heterocycles. The van der Waals surface area contributed by atoms with Crippen LogP contribution >= 0.6 is 0 Å². The normalized spacial score (nSPS) is 11.2. The summed E-state index contributed by atoms with van der Waals surface area (Å²) in [6.45, 7) is 0. The van der Waals surface area contributed by atoms with Crippen LogP contribution in [0.4, 0.5) is 27.9 Å². The zero-order valence-corrected chi connectivity index (χ0v) is 15.8. The molecule has 14 heteroatoms. The zero-order valence-electron chi connectivity index (χ0n) is 15.8. The van der Waals surface area contributed by atoms with E-state index >= 15 is 0 Å². The van der Waals surface area contributed by atoms with Crippen LogP contribution in [0.1, 0.15) is 23.2 Å². The first-order valence-electron chi connectivity index (χ1n) is 8.65. The van der Waals surface area contributed by atoms with E-state index in [0.29, 0.717) is 0 Å². The van der Waals surface area contributed by atoms with Gasteiger partial charge in [-0.3, -0.25) is 24.7 Å². The van der Waals surface area contributed by atoms with Gasteiger partial charge in [0, 0.05) is 17.7 Å². The maximum atomic E-state index is 12.2. The van der Waals surface area contributed by atoms with Crippen LogP contribution in [0, 0.1) is 0 Å². The predicted octanol–water partition coefficient (Wildman–Crippen LogP) is -0.374. The average molecular weight is 433 g/mol. The number of aliphatic carboxylic acids is 2. The van der Waals surface area contributed by atoms with E-state index < -0.39 is 41.9 Å². The quantitative estimate of drug-likeness (QED) is 0.268. The molecule has 1 heterocycles. The number of hydrogen-bond acceptors (Lipinski definition) is 8. The van der Waals surface area contributed by atoms with E-state index in [1.54, 1.807) is 0 Å². The fraction of sp³-hybridized carbons (Fsp3) is 0.176. The molecule has 2 aromatic rings. The second kappa shape index (κ2) is 9.73. The molecule has 0 radical (unpaired) electrons. The Morgan fingerprint density at radius 2 is 1.71 bits per heavy atom. The second-order valence-corrected chi connectivity index (χ2v) is 6.17. The number of benzene rings is 1. The summed E-state index contributed by atoms with van der Waals surface area (Å²) in [6.07, 6.45) is -0.701. The molecule has 2 rings (SSSR count). The van der Waals surface area contributed by atoms with Gasteiger partial charge in [0.2, 0.25) is 5.95 Å². The Balaban J connectivity index is 2.00. The van der Waals surface area contributed by atoms with Gasteiger partial charge in [-0.2, -0.15) is 4.98 Å². The number of nitrogen functional groups attached to an aromatic ring is 2. The van der Waals surface area contributed by atoms with Gasteiger partial charge < -0.3 is 32.3 Å². The number of carbonyl (C=O) groups excluding carboxylic acids is 2. The lowest BCUT2D eigenvalue weighted by molar-refractivity contribution is -0.140. The number of nitrogens with two attached hydrogens (primary N) is 2. The first-order chi connectivity index (χ1) is 14.6. The summed E-state index contributed by atoms with van der Waals surface area (Å²) in [5.74, 6) is -3.76. The van der Waals surface area contributed by atoms with Gasteiger partial charge in [0.1, 0.15) is 11.7 Å². The van der Waals surface area contributed by atoms with E-state index in [2.05, 4.69) is 25.9 Å². The minimum absolute atomic E-state index is 0.0841. The number of nitrogens with zero attached hydrogens (tertiary/aromatic N) is 1. The van der Waals surface area contributed by atoms with E-state index in [4.69, 9.17) is 21.7 Å². The first kappa shape index (κ1) is 22.7. The molecule has 0 fully saturated rings. The minimum Gasteiger partial charge on any atom is -0.481 e. The van der Waals surface area contributed by atoms with E-state index in [1.807, 2.05) is 0 Å². The van der Waals surface area contributed by atoms with Crippen LogP contribution in [0.2, 0.25) is 0 Å². The summed E-state index contributed by atoms with van der Waals surface area (Å²) in [5.41, 5.74) is 10.2. The Kier molecular flexibility index (Phi) is 7.11. The van der Waals surface area contributed by atoms with Crippen LogP contribution in [0.5, 0.6) is 0 Å². The van der Waals surface area contributed by atoms with Gasteiger partial charge >= 0.3 is 18.0 Å². The van der Waals surface area contributed by atoms with Crippen LogP contribution in [0.25, 0.3) is 0 Å². The van der Waals surface area contributed by atoms with Crippen LogP contribution in [0.3, 0.4) is 0 Å². The van der Waals surface area contributed by atoms with E-state index in [1.165, 1.54) is 24.3 Å². The Morgan fingerprint density at radius 3 is 2.29 bits per heavy atom. The molecule has 10 N–H and O–H groups in total. The maximum Gasteiger partial charge on any atom is 0.326 e. The van der Waals surface area contributed by atoms with Crippen LogP contribution in [0.15, 0.2) is 29.1 Å². The van der Waals surface area contributed by atoms with E-state index in [9.17, 15) is 24.0 Å². The molecule has 0 unspecified atom stereocenters. The smallest absolute Gasteiger partial charge is 0.326 e. The van der Waals surface area contributed by atoms with Crippen LogP contribution < -0.4 is 33.0 Å². The van der Waals surface area contributed by atoms with Crippen molar-refractivity contribution in [3.8, 4) is 0 Å². The monoisotopic (exact) mass is 433 g/mol. The fourth-order valence-corrected chi connectivity index (χ4v) is 2.34. The van der Waals surface area contributed by atoms with Crippen molar-refractivity contribution in [1.29, 1.82) is 0 Å². The fourth-order valence-electron chi connectivity index (χ4n) is 2.34. The number of aromatic amines is 1. The number of rotatable bonds is 8. The molecule has 0 saturated heterocycles. The number of carbonyl (C=O) groups is 4. The summed E-state index contributed by atoms with van der Waals surface area (Å²) in [5, 5.41) is 24.7. The molecule has 0 aliphatic rings. The van der Waals surface area contributed by atoms with Crippen molar-refractivity contribution < 1.29 is 29.4 Å². The zero-order chi connectivity index (χ0) is 23.1. The number of hydrogen-bond donors (Lipinski definition) is 8. The number of anilines is 4. The third-order valence-electron chi connectivity index (χ3n) is 3.86. The number of H-pyrrole nitrogens is 1. The second-order valence-electron chi connectivity index (χ2n) is 6.17. The molecule has 0 spiro atoms. The minimum atomic E-state index is -1.37. The lowest BCUT2D eigenvalue weighted by Gasteiger charge is -2.14. The highest BCUT2D eigenvalue weighted by molar-refractivity contribution is 6.01. The highest BCUT2D eigenvalue weighted by Crippen LogP contribution is 2.13. The molecule has 14 nitrogen and oxygen atoms in total. The molecule has 31 heavy (non-hydrogen) atoms. The Morgan fingerprint density at radius 1 is 1.06 bits per heavy atom. The van der Waals surface area contributed by atoms with E-state index in [0.717, 1.165) is 0 Å². The summed E-state index contributed by atoms with van der Waals surface area (Å²) in [4.78, 5) is 63.4. The van der Waals surface area contributed by atoms with Gasteiger partial charge in [0.05, 0.1) is 0 Å². The number of aromatic nitrogens is 2. The van der Waals surface area contributed by atoms with Gasteiger partial charge in [-0.1, -0.05) is 0 Å². The number of urea groups is 1. The van der Waals surface area contributed by atoms with Crippen molar-refractivity contribution in [1.82, 2.24) is 15.3 Å². The summed E-state index contributed by atoms with van der Waals surface area (Å²) in [7, 11) is 0. The largest absolute Gasteiger partial charge is 0.481 e. The molecule has 1 atom stereocenters. The summed E-state index contributed by atoms with van der Waals surface area (Å²) < 4.78 is 0. The number of nitrogens with one attached hydrogen (secondary N) is 4. The lowest BCUT2D eigenvalue weighted by Crippen LogP contribution is -2.41. The Labute approximate surface area is 173 Å². The molecule has 3 amide bonds. The van der Waals surface area contributed by atoms with Crippen molar-refractivity contribution in [3.63, 3.8) is 0 Å². The van der Waals surface area contributed by atoms with Crippen molar-refractivity contribution in [2.45, 2.75) is 18.9 Å². The molecule has 0 saturated carbocycles. The van der Waals surface area contributed by atoms with Crippen molar-refractivity contribution in [2.24, 2.45) is 0 Å². The number of carboxylic acid groups (broad SMARTS) is 2. The Bertz CT molecular complexity index is 1070. The van der Waals surface area contributed by atoms with Gasteiger partial charge in [0.25, 0.3) is 11.5 Å². The maximum absolute atomic E-state index is 12.2. The van der Waals surface area contributed by atoms with Gasteiger partial charge in [-0.25, -0.2) is 9.59 Å². The molecular formula is C17H19N7O7. The predicted molar refractivity (Wildman–Crippen MR) is 109 cm³/mol. The number of carboxylic acids is 2. The average Bonchev–Trinajstić information content (AvgIpc) is 2.68. The molecule has 1 aromatic carbocycles. The molecule has 0 aliphatic heterocycles. The van der Waals surface area contributed by atoms with Crippen molar-refractivity contribution in [2.75, 3.05) is 22.1 Å². The Hall–Kier alpha value is -4.62. The van der Waals surface area contributed by atoms with E-state index in [-0.39, 0.29) is 35.1 Å². The van der Waals surface area contributed by atoms with Crippen molar-refractivity contribution in [3.05, 3.63) is 40.2 Å². The number of amides is 3. The van der Waals surface area contributed by atoms with Gasteiger partial charge in [-0.15, -0.1) is 0 Å². The molecule has 0 aliphatic carbocycles.